The van der Waals surface area contributed by atoms with E-state index in [0.29, 0.717) is 22.6 Å². The van der Waals surface area contributed by atoms with Crippen molar-refractivity contribution in [1.29, 1.82) is 0 Å². The standard InChI is InChI=1S/C20H23NO5S/c22-18(20-8-13-5-14(9-20)7-15(6-13)10-20)11-26-19(23)12-27-17-4-2-1-3-16(17)21(24)25/h1-4,13-15H,5-12H2. The lowest BCUT2D eigenvalue weighted by molar-refractivity contribution is -0.387. The van der Waals surface area contributed by atoms with Crippen LogP contribution in [0.3, 0.4) is 0 Å². The quantitative estimate of drug-likeness (QED) is 0.303. The van der Waals surface area contributed by atoms with E-state index in [1.54, 1.807) is 18.2 Å². The number of hydrogen-bond donors (Lipinski definition) is 0. The summed E-state index contributed by atoms with van der Waals surface area (Å²) in [5.74, 6) is 1.54. The number of nitrogens with zero attached hydrogens (tertiary/aromatic N) is 1. The van der Waals surface area contributed by atoms with Crippen molar-refractivity contribution in [3.05, 3.63) is 34.4 Å². The smallest absolute Gasteiger partial charge is 0.316 e. The number of para-hydroxylation sites is 1. The van der Waals surface area contributed by atoms with Gasteiger partial charge >= 0.3 is 5.97 Å². The van der Waals surface area contributed by atoms with Gasteiger partial charge in [-0.15, -0.1) is 11.8 Å². The van der Waals surface area contributed by atoms with Gasteiger partial charge in [-0.05, 0) is 62.3 Å². The number of ketones is 1. The van der Waals surface area contributed by atoms with Crippen LogP contribution < -0.4 is 0 Å². The molecule has 0 saturated heterocycles. The highest BCUT2D eigenvalue weighted by Gasteiger charge is 2.54. The third-order valence-electron chi connectivity index (χ3n) is 6.40. The Morgan fingerprint density at radius 3 is 2.30 bits per heavy atom. The minimum atomic E-state index is -0.503. The Morgan fingerprint density at radius 2 is 1.70 bits per heavy atom. The van der Waals surface area contributed by atoms with Gasteiger partial charge in [0.05, 0.1) is 15.6 Å². The van der Waals surface area contributed by atoms with E-state index in [1.165, 1.54) is 25.3 Å². The largest absolute Gasteiger partial charge is 0.457 e. The zero-order valence-corrected chi connectivity index (χ0v) is 15.9. The molecule has 7 heteroatoms. The summed E-state index contributed by atoms with van der Waals surface area (Å²) in [6.45, 7) is -0.164. The molecule has 0 atom stereocenters. The maximum absolute atomic E-state index is 12.8. The van der Waals surface area contributed by atoms with Crippen LogP contribution in [0.5, 0.6) is 0 Å². The van der Waals surface area contributed by atoms with E-state index in [-0.39, 0.29) is 29.2 Å². The van der Waals surface area contributed by atoms with Gasteiger partial charge in [-0.25, -0.2) is 0 Å². The van der Waals surface area contributed by atoms with Gasteiger partial charge in [0.2, 0.25) is 0 Å². The van der Waals surface area contributed by atoms with E-state index >= 15 is 0 Å². The average Bonchev–Trinajstić information content (AvgIpc) is 2.63. The van der Waals surface area contributed by atoms with Crippen molar-refractivity contribution >= 4 is 29.2 Å². The zero-order chi connectivity index (χ0) is 19.0. The first-order valence-corrected chi connectivity index (χ1v) is 10.5. The number of hydrogen-bond acceptors (Lipinski definition) is 6. The summed E-state index contributed by atoms with van der Waals surface area (Å²) in [6, 6.07) is 6.29. The van der Waals surface area contributed by atoms with Gasteiger partial charge in [0, 0.05) is 11.5 Å². The molecule has 0 unspecified atom stereocenters. The molecule has 4 bridgehead atoms. The first kappa shape index (κ1) is 18.5. The van der Waals surface area contributed by atoms with Gasteiger partial charge in [-0.3, -0.25) is 19.7 Å². The Morgan fingerprint density at radius 1 is 1.11 bits per heavy atom. The van der Waals surface area contributed by atoms with Gasteiger partial charge in [0.1, 0.15) is 0 Å². The van der Waals surface area contributed by atoms with E-state index in [2.05, 4.69) is 0 Å². The zero-order valence-electron chi connectivity index (χ0n) is 15.1. The van der Waals surface area contributed by atoms with Crippen molar-refractivity contribution in [2.45, 2.75) is 43.4 Å². The molecule has 0 N–H and O–H groups in total. The SMILES string of the molecule is O=C(CSc1ccccc1[N+](=O)[O-])OCC(=O)C12CC3CC(CC(C3)C1)C2. The lowest BCUT2D eigenvalue weighted by Gasteiger charge is -2.55. The molecule has 0 heterocycles. The predicted octanol–water partition coefficient (Wildman–Crippen LogP) is 4.02. The number of thioether (sulfide) groups is 1. The second-order valence-corrected chi connectivity index (χ2v) is 9.31. The summed E-state index contributed by atoms with van der Waals surface area (Å²) in [6.07, 6.45) is 6.66. The van der Waals surface area contributed by atoms with Crippen LogP contribution in [0.15, 0.2) is 29.2 Å². The minimum absolute atomic E-state index is 0.0278. The molecule has 5 rings (SSSR count). The Labute approximate surface area is 162 Å². The van der Waals surface area contributed by atoms with Crippen LogP contribution in [0.1, 0.15) is 38.5 Å². The molecular formula is C20H23NO5S. The highest BCUT2D eigenvalue weighted by atomic mass is 32.2. The minimum Gasteiger partial charge on any atom is -0.457 e. The van der Waals surface area contributed by atoms with E-state index in [9.17, 15) is 19.7 Å². The monoisotopic (exact) mass is 389 g/mol. The lowest BCUT2D eigenvalue weighted by atomic mass is 9.48. The normalized spacial score (nSPS) is 30.9. The van der Waals surface area contributed by atoms with Crippen LogP contribution in [-0.2, 0) is 14.3 Å². The van der Waals surface area contributed by atoms with Gasteiger partial charge < -0.3 is 4.74 Å². The highest BCUT2D eigenvalue weighted by molar-refractivity contribution is 8.00. The van der Waals surface area contributed by atoms with Crippen molar-refractivity contribution in [3.63, 3.8) is 0 Å². The van der Waals surface area contributed by atoms with Gasteiger partial charge in [-0.1, -0.05) is 12.1 Å². The van der Waals surface area contributed by atoms with Crippen molar-refractivity contribution in [2.24, 2.45) is 23.2 Å². The first-order valence-electron chi connectivity index (χ1n) is 9.50. The fourth-order valence-corrected chi connectivity index (χ4v) is 6.48. The molecule has 0 spiro atoms. The average molecular weight is 389 g/mol. The fourth-order valence-electron chi connectivity index (χ4n) is 5.66. The Balaban J connectivity index is 1.30. The molecule has 144 valence electrons. The third-order valence-corrected chi connectivity index (χ3v) is 7.44. The fraction of sp³-hybridized carbons (Fsp3) is 0.600. The summed E-state index contributed by atoms with van der Waals surface area (Å²) >= 11 is 1.07. The molecule has 0 aromatic heterocycles. The third kappa shape index (κ3) is 3.74. The Bertz CT molecular complexity index is 742. The molecule has 1 aromatic rings. The van der Waals surface area contributed by atoms with E-state index in [1.807, 2.05) is 0 Å². The van der Waals surface area contributed by atoms with Crippen LogP contribution in [0.2, 0.25) is 0 Å². The summed E-state index contributed by atoms with van der Waals surface area (Å²) in [5.41, 5.74) is -0.291. The number of ether oxygens (including phenoxy) is 1. The number of nitro benzene ring substituents is 1. The second-order valence-electron chi connectivity index (χ2n) is 8.30. The lowest BCUT2D eigenvalue weighted by Crippen LogP contribution is -2.51. The number of esters is 1. The van der Waals surface area contributed by atoms with Crippen molar-refractivity contribution in [2.75, 3.05) is 12.4 Å². The molecule has 1 aromatic carbocycles. The van der Waals surface area contributed by atoms with Crippen molar-refractivity contribution in [3.8, 4) is 0 Å². The molecule has 4 fully saturated rings. The number of benzene rings is 1. The molecule has 4 aliphatic rings. The van der Waals surface area contributed by atoms with E-state index in [4.69, 9.17) is 4.74 Å². The van der Waals surface area contributed by atoms with Crippen LogP contribution in [0, 0.1) is 33.3 Å². The van der Waals surface area contributed by atoms with Crippen LogP contribution in [-0.4, -0.2) is 29.0 Å². The molecule has 6 nitrogen and oxygen atoms in total. The predicted molar refractivity (Wildman–Crippen MR) is 100 cm³/mol. The number of carbonyl (C=O) groups excluding carboxylic acids is 2. The molecule has 0 radical (unpaired) electrons. The van der Waals surface area contributed by atoms with Crippen molar-refractivity contribution < 1.29 is 19.2 Å². The molecule has 4 saturated carbocycles. The number of rotatable bonds is 7. The van der Waals surface area contributed by atoms with E-state index in [0.717, 1.165) is 31.0 Å². The molecule has 0 amide bonds. The second kappa shape index (κ2) is 7.26. The van der Waals surface area contributed by atoms with Gasteiger partial charge in [-0.2, -0.15) is 0 Å². The number of Topliss-reactive ketones (excluding diaryl/α,β-unsaturated/α-hetero) is 1. The number of carbonyl (C=O) groups is 2. The van der Waals surface area contributed by atoms with Crippen LogP contribution >= 0.6 is 11.8 Å². The summed E-state index contributed by atoms with van der Waals surface area (Å²) in [7, 11) is 0. The summed E-state index contributed by atoms with van der Waals surface area (Å²) in [4.78, 5) is 35.9. The van der Waals surface area contributed by atoms with E-state index < -0.39 is 10.9 Å². The number of nitro groups is 1. The first-order chi connectivity index (χ1) is 12.9. The summed E-state index contributed by atoms with van der Waals surface area (Å²) < 4.78 is 5.24. The Kier molecular flexibility index (Phi) is 4.97. The highest BCUT2D eigenvalue weighted by Crippen LogP contribution is 2.60. The molecule has 0 aliphatic heterocycles. The topological polar surface area (TPSA) is 86.5 Å². The summed E-state index contributed by atoms with van der Waals surface area (Å²) in [5, 5.41) is 11.0. The molecule has 4 aliphatic carbocycles. The van der Waals surface area contributed by atoms with Crippen LogP contribution in [0.25, 0.3) is 0 Å². The van der Waals surface area contributed by atoms with Gasteiger partial charge in [0.15, 0.2) is 12.4 Å². The maximum Gasteiger partial charge on any atom is 0.316 e. The van der Waals surface area contributed by atoms with Gasteiger partial charge in [0.25, 0.3) is 5.69 Å². The molecule has 27 heavy (non-hydrogen) atoms. The molecular weight excluding hydrogens is 366 g/mol. The Hall–Kier alpha value is -1.89. The maximum atomic E-state index is 12.8. The van der Waals surface area contributed by atoms with Crippen molar-refractivity contribution in [1.82, 2.24) is 0 Å². The van der Waals surface area contributed by atoms with Crippen LogP contribution in [0.4, 0.5) is 5.69 Å².